The van der Waals surface area contributed by atoms with Gasteiger partial charge in [-0.25, -0.2) is 19.4 Å². The van der Waals surface area contributed by atoms with Crippen LogP contribution in [0.4, 0.5) is 15.3 Å². The van der Waals surface area contributed by atoms with E-state index in [-0.39, 0.29) is 43.9 Å². The van der Waals surface area contributed by atoms with Crippen LogP contribution in [0.3, 0.4) is 0 Å². The molecule has 14 heteroatoms. The van der Waals surface area contributed by atoms with Crippen LogP contribution in [0.15, 0.2) is 113 Å². The van der Waals surface area contributed by atoms with Crippen molar-refractivity contribution in [2.75, 3.05) is 13.2 Å². The molecule has 5 aromatic rings. The van der Waals surface area contributed by atoms with E-state index in [9.17, 15) is 24.3 Å². The summed E-state index contributed by atoms with van der Waals surface area (Å²) in [4.78, 5) is 61.8. The Hall–Kier alpha value is -6.83. The number of amides is 2. The van der Waals surface area contributed by atoms with Crippen molar-refractivity contribution in [3.63, 3.8) is 0 Å². The molecule has 4 aromatic carbocycles. The standard InChI is InChI=1S/C37H34N6O8/c1-23(44)51-43(37(48)50-22-31-29-13-7-5-11-27(29)28-12-6-8-14-30(28)31)20-19-42-33(45)32(40-35(42)46)25-15-17-26(18-16-25)39-34(38)41-36(47)49-21-24-9-3-2-4-10-24/h2-18,31,45H,19-22H2,1H3,(H,40,46)(H3,38,39,41,47). The van der Waals surface area contributed by atoms with Gasteiger partial charge < -0.3 is 30.1 Å². The number of benzene rings is 4. The van der Waals surface area contributed by atoms with Crippen LogP contribution in [-0.4, -0.2) is 57.0 Å². The zero-order chi connectivity index (χ0) is 35.9. The predicted molar refractivity (Wildman–Crippen MR) is 187 cm³/mol. The van der Waals surface area contributed by atoms with E-state index < -0.39 is 29.7 Å². The van der Waals surface area contributed by atoms with Gasteiger partial charge in [0, 0.05) is 18.4 Å². The Morgan fingerprint density at radius 3 is 2.18 bits per heavy atom. The average Bonchev–Trinajstić information content (AvgIpc) is 3.60. The number of H-pyrrole nitrogens is 1. The van der Waals surface area contributed by atoms with Crippen molar-refractivity contribution < 1.29 is 33.8 Å². The molecule has 14 nitrogen and oxygen atoms in total. The minimum atomic E-state index is -0.926. The summed E-state index contributed by atoms with van der Waals surface area (Å²) in [5, 5.41) is 14.0. The van der Waals surface area contributed by atoms with E-state index in [4.69, 9.17) is 20.0 Å². The van der Waals surface area contributed by atoms with Crippen molar-refractivity contribution in [1.82, 2.24) is 19.9 Å². The monoisotopic (exact) mass is 690 g/mol. The van der Waals surface area contributed by atoms with Gasteiger partial charge in [0.2, 0.25) is 11.8 Å². The van der Waals surface area contributed by atoms with E-state index >= 15 is 0 Å². The Morgan fingerprint density at radius 1 is 0.902 bits per heavy atom. The van der Waals surface area contributed by atoms with Crippen molar-refractivity contribution in [2.45, 2.75) is 26.0 Å². The van der Waals surface area contributed by atoms with Crippen LogP contribution >= 0.6 is 0 Å². The fourth-order valence-electron chi connectivity index (χ4n) is 5.79. The number of hydrogen-bond donors (Lipinski definition) is 4. The normalized spacial score (nSPS) is 12.1. The van der Waals surface area contributed by atoms with Crippen LogP contribution in [0.5, 0.6) is 5.88 Å². The van der Waals surface area contributed by atoms with Gasteiger partial charge in [0.1, 0.15) is 18.9 Å². The van der Waals surface area contributed by atoms with Crippen molar-refractivity contribution >= 4 is 29.8 Å². The first-order chi connectivity index (χ1) is 24.7. The van der Waals surface area contributed by atoms with E-state index in [1.54, 1.807) is 24.3 Å². The number of aromatic amines is 1. The lowest BCUT2D eigenvalue weighted by Crippen LogP contribution is -2.37. The van der Waals surface area contributed by atoms with Crippen molar-refractivity contribution in [1.29, 1.82) is 0 Å². The maximum Gasteiger partial charge on any atom is 0.443 e. The average molecular weight is 691 g/mol. The van der Waals surface area contributed by atoms with Gasteiger partial charge in [-0.3, -0.25) is 14.7 Å². The number of ether oxygens (including phenoxy) is 2. The fraction of sp³-hybridized carbons (Fsp3) is 0.162. The Kier molecular flexibility index (Phi) is 10.1. The third kappa shape index (κ3) is 7.91. The van der Waals surface area contributed by atoms with E-state index in [1.165, 1.54) is 0 Å². The van der Waals surface area contributed by atoms with Gasteiger partial charge in [-0.2, -0.15) is 0 Å². The zero-order valence-electron chi connectivity index (χ0n) is 27.4. The number of alkyl carbamates (subject to hydrolysis) is 1. The molecule has 0 atom stereocenters. The molecule has 0 spiro atoms. The number of imidazole rings is 1. The number of nitrogens with zero attached hydrogens (tertiary/aromatic N) is 3. The van der Waals surface area contributed by atoms with Gasteiger partial charge in [-0.05, 0) is 39.9 Å². The molecular formula is C37H34N6O8. The summed E-state index contributed by atoms with van der Waals surface area (Å²) in [5.74, 6) is -1.59. The number of hydrogen-bond acceptors (Lipinski definition) is 9. The minimum absolute atomic E-state index is 0.00970. The zero-order valence-corrected chi connectivity index (χ0v) is 27.4. The topological polar surface area (TPSA) is 191 Å². The quantitative estimate of drug-likeness (QED) is 0.0920. The number of aromatic hydroxyl groups is 1. The lowest BCUT2D eigenvalue weighted by molar-refractivity contribution is -0.179. The number of fused-ring (bicyclic) bond motifs is 3. The number of carbonyl (C=O) groups excluding carboxylic acids is 3. The summed E-state index contributed by atoms with van der Waals surface area (Å²) in [5.41, 5.74) is 11.1. The van der Waals surface area contributed by atoms with Gasteiger partial charge in [0.25, 0.3) is 0 Å². The number of aliphatic imine (C=N–C) groups is 1. The molecule has 2 amide bonds. The van der Waals surface area contributed by atoms with Crippen LogP contribution in [0.25, 0.3) is 22.4 Å². The number of aromatic nitrogens is 2. The second-order valence-electron chi connectivity index (χ2n) is 11.5. The molecule has 0 saturated heterocycles. The number of hydroxylamine groups is 2. The Labute approximate surface area is 291 Å². The number of nitrogens with two attached hydrogens (primary N) is 1. The first-order valence-corrected chi connectivity index (χ1v) is 15.9. The summed E-state index contributed by atoms with van der Waals surface area (Å²) in [6.07, 6.45) is -1.70. The summed E-state index contributed by atoms with van der Waals surface area (Å²) in [6, 6.07) is 31.2. The minimum Gasteiger partial charge on any atom is -0.493 e. The summed E-state index contributed by atoms with van der Waals surface area (Å²) in [7, 11) is 0. The van der Waals surface area contributed by atoms with Gasteiger partial charge in [-0.15, -0.1) is 5.06 Å². The number of rotatable bonds is 9. The molecule has 0 bridgehead atoms. The molecule has 0 aliphatic heterocycles. The molecule has 51 heavy (non-hydrogen) atoms. The second-order valence-corrected chi connectivity index (χ2v) is 11.5. The smallest absolute Gasteiger partial charge is 0.443 e. The maximum absolute atomic E-state index is 13.2. The Balaban J connectivity index is 1.07. The molecule has 0 saturated carbocycles. The SMILES string of the molecule is CC(=O)ON(CCn1c(O)c(-c2ccc(N=C(N)NC(=O)OCc3ccccc3)cc2)[nH]c1=O)C(=O)OCC1c2ccccc2-c2ccccc21. The van der Waals surface area contributed by atoms with Crippen LogP contribution in [-0.2, 0) is 32.3 Å². The molecule has 0 fully saturated rings. The first kappa shape index (κ1) is 34.0. The van der Waals surface area contributed by atoms with E-state index in [1.807, 2.05) is 78.9 Å². The molecule has 6 rings (SSSR count). The number of carbonyl (C=O) groups is 3. The molecule has 0 unspecified atom stereocenters. The maximum atomic E-state index is 13.2. The van der Waals surface area contributed by atoms with Crippen molar-refractivity contribution in [3.8, 4) is 28.3 Å². The van der Waals surface area contributed by atoms with Gasteiger partial charge >= 0.3 is 23.8 Å². The van der Waals surface area contributed by atoms with E-state index in [2.05, 4.69) is 15.3 Å². The van der Waals surface area contributed by atoms with Crippen LogP contribution in [0.2, 0.25) is 0 Å². The van der Waals surface area contributed by atoms with Gasteiger partial charge in [0.05, 0.1) is 18.8 Å². The van der Waals surface area contributed by atoms with Crippen LogP contribution in [0.1, 0.15) is 29.5 Å². The number of guanidine groups is 1. The largest absolute Gasteiger partial charge is 0.493 e. The van der Waals surface area contributed by atoms with E-state index in [0.29, 0.717) is 11.3 Å². The summed E-state index contributed by atoms with van der Waals surface area (Å²) >= 11 is 0. The summed E-state index contributed by atoms with van der Waals surface area (Å²) in [6.45, 7) is 0.659. The molecule has 1 aromatic heterocycles. The van der Waals surface area contributed by atoms with Crippen LogP contribution < -0.4 is 16.7 Å². The molecule has 1 heterocycles. The van der Waals surface area contributed by atoms with Crippen molar-refractivity contribution in [2.24, 2.45) is 10.7 Å². The molecule has 5 N–H and O–H groups in total. The fourth-order valence-corrected chi connectivity index (χ4v) is 5.79. The number of nitrogens with one attached hydrogen (secondary N) is 2. The molecule has 1 aliphatic rings. The summed E-state index contributed by atoms with van der Waals surface area (Å²) < 4.78 is 11.8. The van der Waals surface area contributed by atoms with Crippen LogP contribution in [0, 0.1) is 0 Å². The highest BCUT2D eigenvalue weighted by atomic mass is 16.7. The molecule has 260 valence electrons. The Morgan fingerprint density at radius 2 is 1.53 bits per heavy atom. The predicted octanol–water partition coefficient (Wildman–Crippen LogP) is 5.15. The third-order valence-electron chi connectivity index (χ3n) is 8.11. The van der Waals surface area contributed by atoms with E-state index in [0.717, 1.165) is 44.4 Å². The molecular weight excluding hydrogens is 656 g/mol. The molecule has 0 radical (unpaired) electrons. The van der Waals surface area contributed by atoms with Crippen molar-refractivity contribution in [3.05, 3.63) is 130 Å². The highest BCUT2D eigenvalue weighted by molar-refractivity contribution is 5.94. The van der Waals surface area contributed by atoms with Gasteiger partial charge in [0.15, 0.2) is 0 Å². The molecule has 1 aliphatic carbocycles. The lowest BCUT2D eigenvalue weighted by Gasteiger charge is -2.21. The first-order valence-electron chi connectivity index (χ1n) is 15.9. The van der Waals surface area contributed by atoms with Gasteiger partial charge in [-0.1, -0.05) is 91.0 Å². The highest BCUT2D eigenvalue weighted by Crippen LogP contribution is 2.44. The third-order valence-corrected chi connectivity index (χ3v) is 8.11. The highest BCUT2D eigenvalue weighted by Gasteiger charge is 2.30. The second kappa shape index (κ2) is 15.2. The Bertz CT molecular complexity index is 2100. The lowest BCUT2D eigenvalue weighted by atomic mass is 9.98.